The number of ketones is 1. The van der Waals surface area contributed by atoms with E-state index in [1.54, 1.807) is 12.1 Å². The molecule has 0 fully saturated rings. The molecule has 1 N–H and O–H groups in total. The lowest BCUT2D eigenvalue weighted by molar-refractivity contribution is 0.101. The van der Waals surface area contributed by atoms with E-state index in [1.807, 2.05) is 7.05 Å². The first-order chi connectivity index (χ1) is 7.61. The van der Waals surface area contributed by atoms with Crippen LogP contribution in [0.1, 0.15) is 23.2 Å². The first-order valence-corrected chi connectivity index (χ1v) is 5.65. The van der Waals surface area contributed by atoms with Crippen molar-refractivity contribution in [3.8, 4) is 0 Å². The zero-order chi connectivity index (χ0) is 11.7. The molecule has 0 amide bonds. The molecule has 0 aliphatic carbocycles. The second-order valence-electron chi connectivity index (χ2n) is 3.50. The van der Waals surface area contributed by atoms with Crippen LogP contribution in [0.25, 0.3) is 11.1 Å². The molecular formula is C11H11BrN2O2. The van der Waals surface area contributed by atoms with Gasteiger partial charge in [0.25, 0.3) is 0 Å². The third kappa shape index (κ3) is 2.01. The Hall–Kier alpha value is -1.20. The monoisotopic (exact) mass is 282 g/mol. The Bertz CT molecular complexity index is 548. The van der Waals surface area contributed by atoms with E-state index >= 15 is 0 Å². The zero-order valence-corrected chi connectivity index (χ0v) is 10.6. The number of Topliss-reactive ketones (excluding diaryl/α,β-unsaturated/α-hetero) is 1. The van der Waals surface area contributed by atoms with E-state index in [2.05, 4.69) is 26.2 Å². The highest BCUT2D eigenvalue weighted by atomic mass is 79.9. The number of rotatable bonds is 3. The van der Waals surface area contributed by atoms with E-state index < -0.39 is 0 Å². The average molecular weight is 283 g/mol. The largest absolute Gasteiger partial charge is 0.438 e. The van der Waals surface area contributed by atoms with Crippen LogP contribution in [0.2, 0.25) is 0 Å². The molecule has 2 aromatic rings. The van der Waals surface area contributed by atoms with Gasteiger partial charge in [0.2, 0.25) is 5.89 Å². The number of nitrogens with one attached hydrogen (secondary N) is 1. The Balaban J connectivity index is 2.58. The normalized spacial score (nSPS) is 10.9. The van der Waals surface area contributed by atoms with Crippen LogP contribution in [0.15, 0.2) is 21.0 Å². The Labute approximate surface area is 101 Å². The summed E-state index contributed by atoms with van der Waals surface area (Å²) in [5.74, 6) is 0.625. The summed E-state index contributed by atoms with van der Waals surface area (Å²) in [6.07, 6.45) is 0. The third-order valence-electron chi connectivity index (χ3n) is 2.22. The molecule has 0 aliphatic heterocycles. The maximum Gasteiger partial charge on any atom is 0.209 e. The highest BCUT2D eigenvalue weighted by Crippen LogP contribution is 2.26. The van der Waals surface area contributed by atoms with Gasteiger partial charge in [0, 0.05) is 5.56 Å². The molecule has 0 saturated carbocycles. The molecular weight excluding hydrogens is 272 g/mol. The van der Waals surface area contributed by atoms with Crippen LogP contribution in [0.3, 0.4) is 0 Å². The first-order valence-electron chi connectivity index (χ1n) is 4.86. The molecule has 2 rings (SSSR count). The standard InChI is InChI=1S/C11H11BrN2O2/c1-6(15)7-3-8(12)11-9(4-7)14-10(16-11)5-13-2/h3-4,13H,5H2,1-2H3. The minimum absolute atomic E-state index is 0.0146. The number of oxazole rings is 1. The van der Waals surface area contributed by atoms with E-state index in [9.17, 15) is 4.79 Å². The Morgan fingerprint density at radius 2 is 2.31 bits per heavy atom. The number of nitrogens with zero attached hydrogens (tertiary/aromatic N) is 1. The Morgan fingerprint density at radius 1 is 1.56 bits per heavy atom. The maximum absolute atomic E-state index is 11.3. The third-order valence-corrected chi connectivity index (χ3v) is 2.81. The van der Waals surface area contributed by atoms with Crippen molar-refractivity contribution in [3.63, 3.8) is 0 Å². The van der Waals surface area contributed by atoms with Crippen LogP contribution in [0.5, 0.6) is 0 Å². The molecule has 0 bridgehead atoms. The highest BCUT2D eigenvalue weighted by molar-refractivity contribution is 9.10. The molecule has 84 valence electrons. The zero-order valence-electron chi connectivity index (χ0n) is 9.00. The van der Waals surface area contributed by atoms with Crippen LogP contribution in [-0.4, -0.2) is 17.8 Å². The van der Waals surface area contributed by atoms with Gasteiger partial charge in [-0.25, -0.2) is 4.98 Å². The summed E-state index contributed by atoms with van der Waals surface area (Å²) in [4.78, 5) is 15.6. The van der Waals surface area contributed by atoms with Crippen molar-refractivity contribution >= 4 is 32.8 Å². The summed E-state index contributed by atoms with van der Waals surface area (Å²) in [5, 5.41) is 2.96. The number of halogens is 1. The molecule has 5 heteroatoms. The molecule has 0 spiro atoms. The number of carbonyl (C=O) groups excluding carboxylic acids is 1. The molecule has 1 aromatic heterocycles. The summed E-state index contributed by atoms with van der Waals surface area (Å²) >= 11 is 3.37. The summed E-state index contributed by atoms with van der Waals surface area (Å²) < 4.78 is 6.30. The highest BCUT2D eigenvalue weighted by Gasteiger charge is 2.11. The summed E-state index contributed by atoms with van der Waals surface area (Å²) in [7, 11) is 1.82. The van der Waals surface area contributed by atoms with Crippen molar-refractivity contribution in [2.45, 2.75) is 13.5 Å². The Kier molecular flexibility index (Phi) is 3.07. The van der Waals surface area contributed by atoms with Gasteiger partial charge in [-0.3, -0.25) is 4.79 Å². The Morgan fingerprint density at radius 3 is 2.94 bits per heavy atom. The molecule has 0 saturated heterocycles. The first kappa shape index (κ1) is 11.3. The predicted molar refractivity (Wildman–Crippen MR) is 64.5 cm³/mol. The van der Waals surface area contributed by atoms with E-state index in [-0.39, 0.29) is 5.78 Å². The van der Waals surface area contributed by atoms with Gasteiger partial charge >= 0.3 is 0 Å². The van der Waals surface area contributed by atoms with Crippen molar-refractivity contribution in [3.05, 3.63) is 28.1 Å². The van der Waals surface area contributed by atoms with Gasteiger partial charge in [0.05, 0.1) is 11.0 Å². The molecule has 4 nitrogen and oxygen atoms in total. The molecule has 0 aliphatic rings. The average Bonchev–Trinajstić information content (AvgIpc) is 2.61. The summed E-state index contributed by atoms with van der Waals surface area (Å²) in [6.45, 7) is 2.10. The van der Waals surface area contributed by atoms with Gasteiger partial charge in [0.15, 0.2) is 11.4 Å². The molecule has 0 radical (unpaired) electrons. The summed E-state index contributed by atoms with van der Waals surface area (Å²) in [6, 6.07) is 3.49. The quantitative estimate of drug-likeness (QED) is 0.879. The fraction of sp³-hybridized carbons (Fsp3) is 0.273. The lowest BCUT2D eigenvalue weighted by Gasteiger charge is -1.96. The van der Waals surface area contributed by atoms with E-state index in [0.717, 1.165) is 4.47 Å². The van der Waals surface area contributed by atoms with Gasteiger partial charge in [-0.2, -0.15) is 0 Å². The molecule has 1 heterocycles. The lowest BCUT2D eigenvalue weighted by Crippen LogP contribution is -2.04. The second-order valence-corrected chi connectivity index (χ2v) is 4.35. The van der Waals surface area contributed by atoms with E-state index in [4.69, 9.17) is 4.42 Å². The number of aromatic nitrogens is 1. The number of benzene rings is 1. The van der Waals surface area contributed by atoms with Crippen molar-refractivity contribution in [2.75, 3.05) is 7.05 Å². The molecule has 0 unspecified atom stereocenters. The van der Waals surface area contributed by atoms with Crippen LogP contribution in [-0.2, 0) is 6.54 Å². The topological polar surface area (TPSA) is 55.1 Å². The van der Waals surface area contributed by atoms with Gasteiger partial charge in [-0.05, 0) is 42.0 Å². The number of hydrogen-bond acceptors (Lipinski definition) is 4. The van der Waals surface area contributed by atoms with Crippen molar-refractivity contribution in [1.29, 1.82) is 0 Å². The lowest BCUT2D eigenvalue weighted by atomic mass is 10.1. The van der Waals surface area contributed by atoms with Gasteiger partial charge in [-0.1, -0.05) is 0 Å². The predicted octanol–water partition coefficient (Wildman–Crippen LogP) is 2.51. The van der Waals surface area contributed by atoms with E-state index in [1.165, 1.54) is 6.92 Å². The second kappa shape index (κ2) is 4.35. The van der Waals surface area contributed by atoms with Crippen LogP contribution >= 0.6 is 15.9 Å². The fourth-order valence-electron chi connectivity index (χ4n) is 1.47. The minimum atomic E-state index is 0.0146. The van der Waals surface area contributed by atoms with Crippen LogP contribution < -0.4 is 5.32 Å². The van der Waals surface area contributed by atoms with Gasteiger partial charge < -0.3 is 9.73 Å². The number of fused-ring (bicyclic) bond motifs is 1. The SMILES string of the molecule is CNCc1nc2cc(C(C)=O)cc(Br)c2o1. The van der Waals surface area contributed by atoms with Crippen molar-refractivity contribution in [1.82, 2.24) is 10.3 Å². The fourth-order valence-corrected chi connectivity index (χ4v) is 2.00. The van der Waals surface area contributed by atoms with Gasteiger partial charge in [-0.15, -0.1) is 0 Å². The van der Waals surface area contributed by atoms with Crippen LogP contribution in [0.4, 0.5) is 0 Å². The molecule has 16 heavy (non-hydrogen) atoms. The van der Waals surface area contributed by atoms with Crippen molar-refractivity contribution in [2.24, 2.45) is 0 Å². The van der Waals surface area contributed by atoms with Gasteiger partial charge in [0.1, 0.15) is 5.52 Å². The van der Waals surface area contributed by atoms with E-state index in [0.29, 0.717) is 29.1 Å². The van der Waals surface area contributed by atoms with Crippen molar-refractivity contribution < 1.29 is 9.21 Å². The molecule has 0 atom stereocenters. The number of hydrogen-bond donors (Lipinski definition) is 1. The number of carbonyl (C=O) groups is 1. The summed E-state index contributed by atoms with van der Waals surface area (Å²) in [5.41, 5.74) is 2.00. The molecule has 1 aromatic carbocycles. The maximum atomic E-state index is 11.3. The minimum Gasteiger partial charge on any atom is -0.438 e. The van der Waals surface area contributed by atoms with Crippen LogP contribution in [0, 0.1) is 0 Å². The smallest absolute Gasteiger partial charge is 0.209 e.